The van der Waals surface area contributed by atoms with Crippen molar-refractivity contribution in [2.45, 2.75) is 26.1 Å². The van der Waals surface area contributed by atoms with E-state index >= 15 is 0 Å². The fourth-order valence-corrected chi connectivity index (χ4v) is 5.43. The number of benzene rings is 3. The summed E-state index contributed by atoms with van der Waals surface area (Å²) in [5, 5.41) is 7.97. The molecule has 6 rings (SSSR count). The second kappa shape index (κ2) is 10.9. The molecule has 0 saturated carbocycles. The number of carbonyl (C=O) groups excluding carboxylic acids is 1. The van der Waals surface area contributed by atoms with Crippen molar-refractivity contribution < 1.29 is 22.7 Å². The van der Waals surface area contributed by atoms with Crippen LogP contribution in [0.25, 0.3) is 27.6 Å². The van der Waals surface area contributed by atoms with Crippen LogP contribution in [0.2, 0.25) is 0 Å². The van der Waals surface area contributed by atoms with Crippen LogP contribution in [-0.2, 0) is 4.79 Å². The summed E-state index contributed by atoms with van der Waals surface area (Å²) in [5.74, 6) is 0.0912. The number of amides is 1. The second-order valence-corrected chi connectivity index (χ2v) is 10.7. The van der Waals surface area contributed by atoms with Gasteiger partial charge in [0.1, 0.15) is 17.6 Å². The summed E-state index contributed by atoms with van der Waals surface area (Å²) in [7, 11) is 0. The summed E-state index contributed by atoms with van der Waals surface area (Å²) < 4.78 is 43.1. The Bertz CT molecular complexity index is 1870. The summed E-state index contributed by atoms with van der Waals surface area (Å²) in [5.41, 5.74) is 4.44. The maximum absolute atomic E-state index is 12.6. The molecule has 12 heteroatoms. The molecule has 0 radical (unpaired) electrons. The number of alkyl halides is 3. The summed E-state index contributed by atoms with van der Waals surface area (Å²) in [6.45, 7) is 4.20. The number of para-hydroxylation sites is 1. The van der Waals surface area contributed by atoms with Crippen LogP contribution in [0.1, 0.15) is 30.9 Å². The quantitative estimate of drug-likeness (QED) is 0.196. The molecule has 0 bridgehead atoms. The van der Waals surface area contributed by atoms with Gasteiger partial charge in [0.25, 0.3) is 5.91 Å². The Morgan fingerprint density at radius 2 is 1.83 bits per heavy atom. The number of rotatable bonds is 6. The first-order chi connectivity index (χ1) is 20.2. The number of hydrogen-bond donors (Lipinski definition) is 0. The van der Waals surface area contributed by atoms with Crippen LogP contribution in [0.15, 0.2) is 89.3 Å². The minimum atomic E-state index is -4.76. The molecule has 212 valence electrons. The minimum Gasteiger partial charge on any atom is -0.406 e. The molecule has 1 fully saturated rings. The van der Waals surface area contributed by atoms with E-state index in [2.05, 4.69) is 33.7 Å². The second-order valence-electron chi connectivity index (χ2n) is 9.78. The van der Waals surface area contributed by atoms with Crippen molar-refractivity contribution >= 4 is 56.7 Å². The van der Waals surface area contributed by atoms with Crippen molar-refractivity contribution in [3.05, 3.63) is 90.4 Å². The van der Waals surface area contributed by atoms with E-state index in [0.717, 1.165) is 27.6 Å². The molecule has 0 N–H and O–H groups in total. The van der Waals surface area contributed by atoms with Gasteiger partial charge < -0.3 is 4.74 Å². The number of nitrogens with zero attached hydrogens (tertiary/aromatic N) is 6. The number of aliphatic imine (C=N–C) groups is 1. The molecule has 0 spiro atoms. The van der Waals surface area contributed by atoms with E-state index in [9.17, 15) is 18.0 Å². The first-order valence-electron chi connectivity index (χ1n) is 13.0. The zero-order valence-electron chi connectivity index (χ0n) is 22.4. The lowest BCUT2D eigenvalue weighted by Gasteiger charge is -2.12. The average molecular weight is 589 g/mol. The maximum atomic E-state index is 12.6. The van der Waals surface area contributed by atoms with Crippen LogP contribution in [0, 0.1) is 0 Å². The Hall–Kier alpha value is -4.71. The average Bonchev–Trinajstić information content (AvgIpc) is 3.55. The van der Waals surface area contributed by atoms with Crippen molar-refractivity contribution in [2.24, 2.45) is 10.1 Å². The van der Waals surface area contributed by atoms with E-state index in [-0.39, 0.29) is 23.3 Å². The van der Waals surface area contributed by atoms with Gasteiger partial charge in [-0.3, -0.25) is 9.36 Å². The van der Waals surface area contributed by atoms with Crippen molar-refractivity contribution in [3.8, 4) is 11.4 Å². The number of imidazole rings is 1. The molecule has 8 nitrogen and oxygen atoms in total. The van der Waals surface area contributed by atoms with Gasteiger partial charge in [0.2, 0.25) is 0 Å². The number of hydrazone groups is 1. The predicted molar refractivity (Wildman–Crippen MR) is 158 cm³/mol. The Morgan fingerprint density at radius 1 is 1.05 bits per heavy atom. The number of hydrogen-bond acceptors (Lipinski definition) is 7. The van der Waals surface area contributed by atoms with Crippen LogP contribution < -0.4 is 4.74 Å². The van der Waals surface area contributed by atoms with E-state index in [1.807, 2.05) is 42.5 Å². The molecule has 0 unspecified atom stereocenters. The summed E-state index contributed by atoms with van der Waals surface area (Å²) in [6.07, 6.45) is 0.119. The molecule has 1 amide bonds. The fourth-order valence-electron chi connectivity index (χ4n) is 4.62. The van der Waals surface area contributed by atoms with E-state index < -0.39 is 6.36 Å². The Kier molecular flexibility index (Phi) is 7.15. The summed E-state index contributed by atoms with van der Waals surface area (Å²) in [4.78, 5) is 26.4. The number of carbonyl (C=O) groups is 1. The predicted octanol–water partition coefficient (Wildman–Crippen LogP) is 7.19. The number of pyridine rings is 1. The molecular formula is C30H23F3N6O2S. The maximum Gasteiger partial charge on any atom is 0.573 e. The first-order valence-corrected chi connectivity index (χ1v) is 13.9. The van der Waals surface area contributed by atoms with Gasteiger partial charge in [0.15, 0.2) is 10.8 Å². The number of aromatic nitrogens is 3. The molecule has 1 aliphatic heterocycles. The minimum absolute atomic E-state index is 0.148. The largest absolute Gasteiger partial charge is 0.573 e. The Labute approximate surface area is 242 Å². The van der Waals surface area contributed by atoms with Gasteiger partial charge >= 0.3 is 6.36 Å². The smallest absolute Gasteiger partial charge is 0.406 e. The number of amidine groups is 1. The van der Waals surface area contributed by atoms with Crippen LogP contribution in [0.3, 0.4) is 0 Å². The molecule has 5 aromatic rings. The van der Waals surface area contributed by atoms with E-state index in [1.165, 1.54) is 41.0 Å². The van der Waals surface area contributed by atoms with Crippen LogP contribution in [0.4, 0.5) is 18.9 Å². The Morgan fingerprint density at radius 3 is 2.60 bits per heavy atom. The van der Waals surface area contributed by atoms with Gasteiger partial charge in [0.05, 0.1) is 17.7 Å². The van der Waals surface area contributed by atoms with Gasteiger partial charge in [0, 0.05) is 22.7 Å². The lowest BCUT2D eigenvalue weighted by molar-refractivity contribution is -0.274. The van der Waals surface area contributed by atoms with Gasteiger partial charge in [-0.2, -0.15) is 10.1 Å². The highest BCUT2D eigenvalue weighted by Gasteiger charge is 2.31. The van der Waals surface area contributed by atoms with Crippen molar-refractivity contribution in [2.75, 3.05) is 5.75 Å². The van der Waals surface area contributed by atoms with Crippen molar-refractivity contribution in [1.29, 1.82) is 0 Å². The normalized spacial score (nSPS) is 15.2. The lowest BCUT2D eigenvalue weighted by Crippen LogP contribution is -2.23. The molecule has 0 atom stereocenters. The third-order valence-corrected chi connectivity index (χ3v) is 7.50. The third-order valence-electron chi connectivity index (χ3n) is 6.59. The molecule has 3 heterocycles. The third kappa shape index (κ3) is 5.57. The fraction of sp³-hybridized carbons (Fsp3) is 0.167. The number of thioether (sulfide) groups is 1. The van der Waals surface area contributed by atoms with Gasteiger partial charge in [-0.1, -0.05) is 55.9 Å². The van der Waals surface area contributed by atoms with Gasteiger partial charge in [-0.15, -0.1) is 13.2 Å². The summed E-state index contributed by atoms with van der Waals surface area (Å²) >= 11 is 1.35. The molecule has 0 aliphatic carbocycles. The number of fused-ring (bicyclic) bond motifs is 3. The van der Waals surface area contributed by atoms with Crippen molar-refractivity contribution in [1.82, 2.24) is 19.5 Å². The van der Waals surface area contributed by atoms with E-state index in [4.69, 9.17) is 4.99 Å². The SMILES string of the molecule is CC(C)c1ccccc1N=C1SCC(=O)N1/N=C/c1ccc2c(cnc3c2ncn3-c2ccc(OC(F)(F)F)cc2)c1. The zero-order chi connectivity index (χ0) is 29.4. The molecule has 1 aliphatic rings. The van der Waals surface area contributed by atoms with Crippen LogP contribution in [0.5, 0.6) is 5.75 Å². The Balaban J connectivity index is 1.26. The highest BCUT2D eigenvalue weighted by molar-refractivity contribution is 8.15. The highest BCUT2D eigenvalue weighted by Crippen LogP contribution is 2.31. The summed E-state index contributed by atoms with van der Waals surface area (Å²) in [6, 6.07) is 19.0. The van der Waals surface area contributed by atoms with Crippen LogP contribution >= 0.6 is 11.8 Å². The first kappa shape index (κ1) is 27.5. The topological polar surface area (TPSA) is 85.0 Å². The lowest BCUT2D eigenvalue weighted by atomic mass is 10.0. The number of ether oxygens (including phenoxy) is 1. The van der Waals surface area contributed by atoms with Crippen LogP contribution in [-0.4, -0.2) is 48.9 Å². The van der Waals surface area contributed by atoms with E-state index in [1.54, 1.807) is 23.3 Å². The zero-order valence-corrected chi connectivity index (χ0v) is 23.2. The van der Waals surface area contributed by atoms with Gasteiger partial charge in [-0.25, -0.2) is 15.0 Å². The van der Waals surface area contributed by atoms with E-state index in [0.29, 0.717) is 22.0 Å². The number of halogens is 3. The van der Waals surface area contributed by atoms with Crippen molar-refractivity contribution in [3.63, 3.8) is 0 Å². The molecule has 1 saturated heterocycles. The van der Waals surface area contributed by atoms with Gasteiger partial charge in [-0.05, 0) is 53.4 Å². The standard InChI is InChI=1S/C30H23F3N6O2S/c1-18(2)23-5-3-4-6-25(23)37-29-39(26(40)16-42-29)36-14-19-7-12-24-20(13-19)15-34-28-27(24)35-17-38(28)21-8-10-22(11-9-21)41-30(31,32)33/h3-15,17-18H,16H2,1-2H3/b36-14+,37-29?. The monoisotopic (exact) mass is 588 g/mol. The molecular weight excluding hydrogens is 565 g/mol. The molecule has 42 heavy (non-hydrogen) atoms. The molecule has 2 aromatic heterocycles. The highest BCUT2D eigenvalue weighted by atomic mass is 32.2. The molecule has 3 aromatic carbocycles.